The molecule has 1 aliphatic heterocycles. The lowest BCUT2D eigenvalue weighted by Gasteiger charge is -2.24. The smallest absolute Gasteiger partial charge is 0.127 e. The van der Waals surface area contributed by atoms with Gasteiger partial charge in [-0.1, -0.05) is 38.5 Å². The molecule has 0 aliphatic carbocycles. The summed E-state index contributed by atoms with van der Waals surface area (Å²) >= 11 is 0. The lowest BCUT2D eigenvalue weighted by Crippen LogP contribution is -2.18. The first-order valence-corrected chi connectivity index (χ1v) is 6.72. The molecule has 2 rings (SSSR count). The van der Waals surface area contributed by atoms with Crippen LogP contribution in [0.2, 0.25) is 0 Å². The van der Waals surface area contributed by atoms with Crippen molar-refractivity contribution in [3.63, 3.8) is 0 Å². The Morgan fingerprint density at radius 2 is 2.24 bits per heavy atom. The quantitative estimate of drug-likeness (QED) is 0.864. The number of benzene rings is 1. The summed E-state index contributed by atoms with van der Waals surface area (Å²) in [5, 5.41) is 0. The summed E-state index contributed by atoms with van der Waals surface area (Å²) in [5.41, 5.74) is 8.84. The number of hydrogen-bond donors (Lipinski definition) is 1. The van der Waals surface area contributed by atoms with Gasteiger partial charge in [0.15, 0.2) is 0 Å². The number of ether oxygens (including phenoxy) is 1. The highest BCUT2D eigenvalue weighted by atomic mass is 16.5. The lowest BCUT2D eigenvalue weighted by atomic mass is 9.92. The fraction of sp³-hybridized carbons (Fsp3) is 0.600. The van der Waals surface area contributed by atoms with Gasteiger partial charge in [-0.3, -0.25) is 0 Å². The van der Waals surface area contributed by atoms with E-state index in [9.17, 15) is 0 Å². The van der Waals surface area contributed by atoms with Gasteiger partial charge in [0, 0.05) is 11.6 Å². The van der Waals surface area contributed by atoms with Gasteiger partial charge in [0.1, 0.15) is 5.75 Å². The number of nitrogens with two attached hydrogens (primary N) is 1. The van der Waals surface area contributed by atoms with E-state index in [1.807, 2.05) is 0 Å². The number of rotatable bonds is 4. The van der Waals surface area contributed by atoms with E-state index < -0.39 is 0 Å². The predicted octanol–water partition coefficient (Wildman–Crippen LogP) is 3.45. The molecule has 2 nitrogen and oxygen atoms in total. The van der Waals surface area contributed by atoms with Gasteiger partial charge in [0.2, 0.25) is 0 Å². The lowest BCUT2D eigenvalue weighted by molar-refractivity contribution is 0.281. The Balaban J connectivity index is 2.20. The number of aryl methyl sites for hydroxylation is 1. The van der Waals surface area contributed by atoms with Crippen LogP contribution in [0.5, 0.6) is 5.75 Å². The Kier molecular flexibility index (Phi) is 4.06. The molecule has 1 heterocycles. The topological polar surface area (TPSA) is 35.2 Å². The van der Waals surface area contributed by atoms with Gasteiger partial charge in [-0.2, -0.15) is 0 Å². The minimum atomic E-state index is 0.109. The molecule has 17 heavy (non-hydrogen) atoms. The molecule has 1 aliphatic rings. The Hall–Kier alpha value is -1.02. The molecule has 0 amide bonds. The Morgan fingerprint density at radius 3 is 3.00 bits per heavy atom. The van der Waals surface area contributed by atoms with Crippen LogP contribution in [0.3, 0.4) is 0 Å². The Bertz CT molecular complexity index is 375. The van der Waals surface area contributed by atoms with Crippen LogP contribution in [0.1, 0.15) is 50.3 Å². The second-order valence-electron chi connectivity index (χ2n) is 5.14. The Labute approximate surface area is 104 Å². The maximum Gasteiger partial charge on any atom is 0.127 e. The van der Waals surface area contributed by atoms with E-state index in [0.717, 1.165) is 31.6 Å². The summed E-state index contributed by atoms with van der Waals surface area (Å²) in [6, 6.07) is 6.50. The van der Waals surface area contributed by atoms with E-state index >= 15 is 0 Å². The van der Waals surface area contributed by atoms with Crippen molar-refractivity contribution < 1.29 is 4.74 Å². The second-order valence-corrected chi connectivity index (χ2v) is 5.14. The molecule has 2 heteroatoms. The van der Waals surface area contributed by atoms with Gasteiger partial charge in [-0.15, -0.1) is 0 Å². The minimum Gasteiger partial charge on any atom is -0.493 e. The Morgan fingerprint density at radius 1 is 1.41 bits per heavy atom. The van der Waals surface area contributed by atoms with Crippen molar-refractivity contribution in [2.45, 2.75) is 45.6 Å². The first-order valence-electron chi connectivity index (χ1n) is 6.72. The predicted molar refractivity (Wildman–Crippen MR) is 71.3 cm³/mol. The van der Waals surface area contributed by atoms with Gasteiger partial charge >= 0.3 is 0 Å². The third-order valence-corrected chi connectivity index (χ3v) is 3.72. The zero-order valence-electron chi connectivity index (χ0n) is 10.9. The molecule has 2 unspecified atom stereocenters. The highest BCUT2D eigenvalue weighted by Crippen LogP contribution is 2.34. The third kappa shape index (κ3) is 2.81. The SMILES string of the molecule is CCC(C)CC(N)c1cccc2c1OCCC2. The number of para-hydroxylation sites is 1. The van der Waals surface area contributed by atoms with Crippen molar-refractivity contribution in [2.24, 2.45) is 11.7 Å². The summed E-state index contributed by atoms with van der Waals surface area (Å²) < 4.78 is 5.81. The van der Waals surface area contributed by atoms with Crippen LogP contribution in [0, 0.1) is 5.92 Å². The first kappa shape index (κ1) is 12.4. The molecule has 0 bridgehead atoms. The van der Waals surface area contributed by atoms with Crippen LogP contribution in [0.4, 0.5) is 0 Å². The zero-order valence-corrected chi connectivity index (χ0v) is 10.9. The largest absolute Gasteiger partial charge is 0.493 e. The van der Waals surface area contributed by atoms with Crippen LogP contribution < -0.4 is 10.5 Å². The van der Waals surface area contributed by atoms with Crippen molar-refractivity contribution in [1.82, 2.24) is 0 Å². The maximum atomic E-state index is 6.32. The minimum absolute atomic E-state index is 0.109. The molecule has 0 saturated heterocycles. The molecule has 1 aromatic rings. The van der Waals surface area contributed by atoms with Crippen LogP contribution in [0.25, 0.3) is 0 Å². The first-order chi connectivity index (χ1) is 8.22. The van der Waals surface area contributed by atoms with Gasteiger partial charge in [0.25, 0.3) is 0 Å². The van der Waals surface area contributed by atoms with E-state index in [-0.39, 0.29) is 6.04 Å². The van der Waals surface area contributed by atoms with Crippen LogP contribution in [-0.4, -0.2) is 6.61 Å². The molecule has 0 aromatic heterocycles. The fourth-order valence-electron chi connectivity index (χ4n) is 2.43. The molecule has 0 saturated carbocycles. The molecule has 2 atom stereocenters. The second kappa shape index (κ2) is 5.54. The number of fused-ring (bicyclic) bond motifs is 1. The van der Waals surface area contributed by atoms with E-state index in [0.29, 0.717) is 5.92 Å². The van der Waals surface area contributed by atoms with Gasteiger partial charge in [0.05, 0.1) is 6.61 Å². The van der Waals surface area contributed by atoms with E-state index in [1.54, 1.807) is 0 Å². The average molecular weight is 233 g/mol. The third-order valence-electron chi connectivity index (χ3n) is 3.72. The summed E-state index contributed by atoms with van der Waals surface area (Å²) in [6.45, 7) is 5.31. The van der Waals surface area contributed by atoms with Crippen molar-refractivity contribution in [1.29, 1.82) is 0 Å². The van der Waals surface area contributed by atoms with Gasteiger partial charge in [-0.25, -0.2) is 0 Å². The van der Waals surface area contributed by atoms with E-state index in [4.69, 9.17) is 10.5 Å². The van der Waals surface area contributed by atoms with Crippen LogP contribution in [0.15, 0.2) is 18.2 Å². The molecule has 0 fully saturated rings. The van der Waals surface area contributed by atoms with Gasteiger partial charge in [-0.05, 0) is 30.7 Å². The standard InChI is InChI=1S/C15H23NO/c1-3-11(2)10-14(16)13-8-4-6-12-7-5-9-17-15(12)13/h4,6,8,11,14H,3,5,7,9-10,16H2,1-2H3. The molecular weight excluding hydrogens is 210 g/mol. The summed E-state index contributed by atoms with van der Waals surface area (Å²) in [6.07, 6.45) is 4.47. The molecule has 0 radical (unpaired) electrons. The molecule has 0 spiro atoms. The van der Waals surface area contributed by atoms with Gasteiger partial charge < -0.3 is 10.5 Å². The van der Waals surface area contributed by atoms with E-state index in [1.165, 1.54) is 17.5 Å². The van der Waals surface area contributed by atoms with Crippen LogP contribution >= 0.6 is 0 Å². The molecule has 94 valence electrons. The summed E-state index contributed by atoms with van der Waals surface area (Å²) in [5.74, 6) is 1.74. The van der Waals surface area contributed by atoms with Crippen molar-refractivity contribution >= 4 is 0 Å². The number of hydrogen-bond acceptors (Lipinski definition) is 2. The van der Waals surface area contributed by atoms with E-state index in [2.05, 4.69) is 32.0 Å². The summed E-state index contributed by atoms with van der Waals surface area (Å²) in [7, 11) is 0. The van der Waals surface area contributed by atoms with Crippen molar-refractivity contribution in [3.05, 3.63) is 29.3 Å². The average Bonchev–Trinajstić information content (AvgIpc) is 2.37. The normalized spacial score (nSPS) is 18.1. The molecule has 2 N–H and O–H groups in total. The summed E-state index contributed by atoms with van der Waals surface area (Å²) in [4.78, 5) is 0. The highest BCUT2D eigenvalue weighted by molar-refractivity contribution is 5.44. The van der Waals surface area contributed by atoms with Crippen LogP contribution in [-0.2, 0) is 6.42 Å². The molecule has 1 aromatic carbocycles. The van der Waals surface area contributed by atoms with Crippen molar-refractivity contribution in [2.75, 3.05) is 6.61 Å². The highest BCUT2D eigenvalue weighted by Gasteiger charge is 2.19. The fourth-order valence-corrected chi connectivity index (χ4v) is 2.43. The monoisotopic (exact) mass is 233 g/mol. The zero-order chi connectivity index (χ0) is 12.3. The molecular formula is C15H23NO. The maximum absolute atomic E-state index is 6.32. The van der Waals surface area contributed by atoms with Crippen molar-refractivity contribution in [3.8, 4) is 5.75 Å².